The summed E-state index contributed by atoms with van der Waals surface area (Å²) in [6, 6.07) is 8.30. The highest BCUT2D eigenvalue weighted by Crippen LogP contribution is 2.26. The van der Waals surface area contributed by atoms with Crippen molar-refractivity contribution in [3.63, 3.8) is 0 Å². The lowest BCUT2D eigenvalue weighted by Crippen LogP contribution is -2.07. The Morgan fingerprint density at radius 1 is 1.29 bits per heavy atom. The molecule has 0 atom stereocenters. The van der Waals surface area contributed by atoms with E-state index in [0.717, 1.165) is 22.0 Å². The Bertz CT molecular complexity index is 591. The van der Waals surface area contributed by atoms with Crippen LogP contribution in [0.5, 0.6) is 0 Å². The molecule has 0 radical (unpaired) electrons. The van der Waals surface area contributed by atoms with Crippen molar-refractivity contribution >= 4 is 23.0 Å². The molecule has 2 aromatic rings. The zero-order valence-corrected chi connectivity index (χ0v) is 13.4. The molecule has 1 heterocycles. The topological polar surface area (TPSA) is 42.4 Å². The molecule has 2 rings (SSSR count). The van der Waals surface area contributed by atoms with Gasteiger partial charge in [-0.15, -0.1) is 11.3 Å². The van der Waals surface area contributed by atoms with E-state index in [1.807, 2.05) is 26.4 Å². The van der Waals surface area contributed by atoms with Crippen LogP contribution in [0, 0.1) is 0 Å². The standard InChI is InChI=1S/C16H20N2O2S/c1-4-20-15(19)10-7-13-11-21-16(17-13)12-5-8-14(9-6-12)18(2)3/h5-6,8-9,11H,4,7,10H2,1-3H3. The minimum Gasteiger partial charge on any atom is -0.466 e. The second-order valence-corrected chi connectivity index (χ2v) is 5.75. The quantitative estimate of drug-likeness (QED) is 0.767. The van der Waals surface area contributed by atoms with E-state index in [1.54, 1.807) is 11.3 Å². The van der Waals surface area contributed by atoms with Gasteiger partial charge in [0.15, 0.2) is 0 Å². The third-order valence-electron chi connectivity index (χ3n) is 3.07. The van der Waals surface area contributed by atoms with Crippen LogP contribution in [-0.4, -0.2) is 31.7 Å². The smallest absolute Gasteiger partial charge is 0.306 e. The molecule has 0 aliphatic carbocycles. The van der Waals surface area contributed by atoms with Gasteiger partial charge in [0.1, 0.15) is 5.01 Å². The average Bonchev–Trinajstić information content (AvgIpc) is 2.94. The summed E-state index contributed by atoms with van der Waals surface area (Å²) in [5.41, 5.74) is 3.21. The summed E-state index contributed by atoms with van der Waals surface area (Å²) >= 11 is 1.61. The second-order valence-electron chi connectivity index (χ2n) is 4.89. The Balaban J connectivity index is 2.00. The molecule has 5 heteroatoms. The lowest BCUT2D eigenvalue weighted by Gasteiger charge is -2.11. The molecule has 0 spiro atoms. The van der Waals surface area contributed by atoms with Gasteiger partial charge in [0.25, 0.3) is 0 Å². The van der Waals surface area contributed by atoms with Gasteiger partial charge in [0.05, 0.1) is 18.7 Å². The van der Waals surface area contributed by atoms with Gasteiger partial charge in [0, 0.05) is 37.1 Å². The highest BCUT2D eigenvalue weighted by atomic mass is 32.1. The van der Waals surface area contributed by atoms with E-state index in [4.69, 9.17) is 4.74 Å². The molecule has 112 valence electrons. The van der Waals surface area contributed by atoms with E-state index >= 15 is 0 Å². The van der Waals surface area contributed by atoms with Crippen LogP contribution in [0.1, 0.15) is 19.0 Å². The summed E-state index contributed by atoms with van der Waals surface area (Å²) in [4.78, 5) is 18.0. The number of hydrogen-bond donors (Lipinski definition) is 0. The van der Waals surface area contributed by atoms with E-state index < -0.39 is 0 Å². The SMILES string of the molecule is CCOC(=O)CCc1csc(-c2ccc(N(C)C)cc2)n1. The first-order valence-electron chi connectivity index (χ1n) is 6.98. The molecule has 21 heavy (non-hydrogen) atoms. The molecule has 0 bridgehead atoms. The zero-order valence-electron chi connectivity index (χ0n) is 12.6. The number of thiazole rings is 1. The third kappa shape index (κ3) is 4.29. The maximum absolute atomic E-state index is 11.3. The van der Waals surface area contributed by atoms with Crippen LogP contribution in [0.2, 0.25) is 0 Å². The molecule has 0 fully saturated rings. The van der Waals surface area contributed by atoms with Gasteiger partial charge in [-0.25, -0.2) is 4.98 Å². The number of ether oxygens (including phenoxy) is 1. The van der Waals surface area contributed by atoms with Gasteiger partial charge < -0.3 is 9.64 Å². The Morgan fingerprint density at radius 3 is 2.62 bits per heavy atom. The monoisotopic (exact) mass is 304 g/mol. The van der Waals surface area contributed by atoms with Crippen LogP contribution in [-0.2, 0) is 16.0 Å². The van der Waals surface area contributed by atoms with Crippen LogP contribution in [0.4, 0.5) is 5.69 Å². The van der Waals surface area contributed by atoms with Crippen molar-refractivity contribution in [1.29, 1.82) is 0 Å². The summed E-state index contributed by atoms with van der Waals surface area (Å²) in [7, 11) is 4.04. The number of anilines is 1. The number of carbonyl (C=O) groups is 1. The van der Waals surface area contributed by atoms with Crippen molar-refractivity contribution in [3.05, 3.63) is 35.3 Å². The third-order valence-corrected chi connectivity index (χ3v) is 4.01. The van der Waals surface area contributed by atoms with Gasteiger partial charge >= 0.3 is 5.97 Å². The van der Waals surface area contributed by atoms with Gasteiger partial charge in [-0.2, -0.15) is 0 Å². The van der Waals surface area contributed by atoms with Crippen LogP contribution >= 0.6 is 11.3 Å². The van der Waals surface area contributed by atoms with Gasteiger partial charge in [0.2, 0.25) is 0 Å². The first kappa shape index (κ1) is 15.5. The van der Waals surface area contributed by atoms with Crippen LogP contribution in [0.25, 0.3) is 10.6 Å². The molecule has 1 aromatic carbocycles. The van der Waals surface area contributed by atoms with Gasteiger partial charge in [-0.1, -0.05) is 0 Å². The summed E-state index contributed by atoms with van der Waals surface area (Å²) in [5.74, 6) is -0.164. The average molecular weight is 304 g/mol. The summed E-state index contributed by atoms with van der Waals surface area (Å²) < 4.78 is 4.92. The molecule has 0 amide bonds. The number of aryl methyl sites for hydroxylation is 1. The molecule has 0 saturated heterocycles. The largest absolute Gasteiger partial charge is 0.466 e. The fraction of sp³-hybridized carbons (Fsp3) is 0.375. The molecule has 1 aromatic heterocycles. The van der Waals surface area contributed by atoms with E-state index in [9.17, 15) is 4.79 Å². The number of aromatic nitrogens is 1. The van der Waals surface area contributed by atoms with E-state index in [1.165, 1.54) is 0 Å². The zero-order chi connectivity index (χ0) is 15.2. The molecule has 0 N–H and O–H groups in total. The van der Waals surface area contributed by atoms with Crippen molar-refractivity contribution in [3.8, 4) is 10.6 Å². The molecule has 0 saturated carbocycles. The Hall–Kier alpha value is -1.88. The van der Waals surface area contributed by atoms with Gasteiger partial charge in [-0.05, 0) is 31.2 Å². The fourth-order valence-electron chi connectivity index (χ4n) is 1.92. The van der Waals surface area contributed by atoms with E-state index in [-0.39, 0.29) is 5.97 Å². The molecule has 0 aliphatic rings. The Kier molecular flexibility index (Phi) is 5.33. The van der Waals surface area contributed by atoms with Crippen molar-refractivity contribution in [2.45, 2.75) is 19.8 Å². The highest BCUT2D eigenvalue weighted by molar-refractivity contribution is 7.13. The van der Waals surface area contributed by atoms with Crippen LogP contribution < -0.4 is 4.90 Å². The lowest BCUT2D eigenvalue weighted by molar-refractivity contribution is -0.143. The second kappa shape index (κ2) is 7.22. The first-order chi connectivity index (χ1) is 10.1. The van der Waals surface area contributed by atoms with Crippen molar-refractivity contribution < 1.29 is 9.53 Å². The Labute approximate surface area is 129 Å². The molecule has 4 nitrogen and oxygen atoms in total. The minimum absolute atomic E-state index is 0.164. The van der Waals surface area contributed by atoms with Crippen molar-refractivity contribution in [1.82, 2.24) is 4.98 Å². The number of benzene rings is 1. The number of nitrogens with zero attached hydrogens (tertiary/aromatic N) is 2. The summed E-state index contributed by atoms with van der Waals surface area (Å²) in [6.07, 6.45) is 1.02. The predicted molar refractivity (Wildman–Crippen MR) is 86.8 cm³/mol. The normalized spacial score (nSPS) is 10.4. The first-order valence-corrected chi connectivity index (χ1v) is 7.86. The highest BCUT2D eigenvalue weighted by Gasteiger charge is 2.08. The molecule has 0 aliphatic heterocycles. The van der Waals surface area contributed by atoms with E-state index in [0.29, 0.717) is 19.4 Å². The maximum Gasteiger partial charge on any atom is 0.306 e. The number of esters is 1. The predicted octanol–water partition coefficient (Wildman–Crippen LogP) is 3.37. The number of carbonyl (C=O) groups excluding carboxylic acids is 1. The van der Waals surface area contributed by atoms with Crippen molar-refractivity contribution in [2.24, 2.45) is 0 Å². The fourth-order valence-corrected chi connectivity index (χ4v) is 2.78. The lowest BCUT2D eigenvalue weighted by atomic mass is 10.2. The molecular weight excluding hydrogens is 284 g/mol. The van der Waals surface area contributed by atoms with Crippen molar-refractivity contribution in [2.75, 3.05) is 25.6 Å². The van der Waals surface area contributed by atoms with Crippen LogP contribution in [0.3, 0.4) is 0 Å². The van der Waals surface area contributed by atoms with Crippen LogP contribution in [0.15, 0.2) is 29.6 Å². The molecule has 0 unspecified atom stereocenters. The number of rotatable bonds is 6. The Morgan fingerprint density at radius 2 is 2.00 bits per heavy atom. The summed E-state index contributed by atoms with van der Waals surface area (Å²) in [5, 5.41) is 2.99. The maximum atomic E-state index is 11.3. The summed E-state index contributed by atoms with van der Waals surface area (Å²) in [6.45, 7) is 2.25. The molecular formula is C16H20N2O2S. The van der Waals surface area contributed by atoms with E-state index in [2.05, 4.69) is 34.1 Å². The number of hydrogen-bond acceptors (Lipinski definition) is 5. The van der Waals surface area contributed by atoms with Gasteiger partial charge in [-0.3, -0.25) is 4.79 Å². The minimum atomic E-state index is -0.164.